The molecule has 1 fully saturated rings. The monoisotopic (exact) mass is 313 g/mol. The number of benzene rings is 1. The van der Waals surface area contributed by atoms with Gasteiger partial charge < -0.3 is 15.4 Å². The fourth-order valence-electron chi connectivity index (χ4n) is 1.95. The Bertz CT molecular complexity index is 652. The molecule has 1 aromatic carbocycles. The molecule has 2 N–H and O–H groups in total. The summed E-state index contributed by atoms with van der Waals surface area (Å²) in [5.74, 6) is -1.40. The molecular formula is C13H10F3N3O3. The molecule has 6 nitrogen and oxygen atoms in total. The van der Waals surface area contributed by atoms with E-state index >= 15 is 0 Å². The van der Waals surface area contributed by atoms with Crippen LogP contribution in [0.2, 0.25) is 0 Å². The summed E-state index contributed by atoms with van der Waals surface area (Å²) >= 11 is 0. The Kier molecular flexibility index (Phi) is 4.21. The second-order valence-electron chi connectivity index (χ2n) is 4.52. The van der Waals surface area contributed by atoms with E-state index in [-0.39, 0.29) is 23.6 Å². The molecule has 1 saturated heterocycles. The molecule has 1 unspecified atom stereocenters. The quantitative estimate of drug-likeness (QED) is 0.888. The molecule has 22 heavy (non-hydrogen) atoms. The van der Waals surface area contributed by atoms with E-state index in [4.69, 9.17) is 5.26 Å². The molecule has 0 saturated carbocycles. The van der Waals surface area contributed by atoms with Crippen LogP contribution >= 0.6 is 0 Å². The molecule has 1 aliphatic heterocycles. The highest BCUT2D eigenvalue weighted by molar-refractivity contribution is 5.99. The standard InChI is InChI=1S/C13H10F3N3O3/c14-13(15,16)22-10-3-1-8(5-7(10)6-17)18-12(21)9-2-4-11(20)19-9/h1,3,5,9H,2,4H2,(H,18,21)(H,19,20). The van der Waals surface area contributed by atoms with Crippen LogP contribution in [-0.2, 0) is 9.59 Å². The fraction of sp³-hybridized carbons (Fsp3) is 0.308. The number of amides is 2. The Balaban J connectivity index is 2.11. The molecule has 0 radical (unpaired) electrons. The summed E-state index contributed by atoms with van der Waals surface area (Å²) in [6.07, 6.45) is -4.34. The van der Waals surface area contributed by atoms with Crippen molar-refractivity contribution in [2.45, 2.75) is 25.2 Å². The smallest absolute Gasteiger partial charge is 0.404 e. The third-order valence-corrected chi connectivity index (χ3v) is 2.91. The SMILES string of the molecule is N#Cc1cc(NC(=O)C2CCC(=O)N2)ccc1OC(F)(F)F. The molecule has 1 atom stereocenters. The first-order valence-electron chi connectivity index (χ1n) is 6.18. The van der Waals surface area contributed by atoms with Crippen molar-refractivity contribution >= 4 is 17.5 Å². The Labute approximate surface area is 122 Å². The Hall–Kier alpha value is -2.76. The molecule has 1 heterocycles. The number of halogens is 3. The van der Waals surface area contributed by atoms with Crippen LogP contribution in [0.3, 0.4) is 0 Å². The molecule has 0 spiro atoms. The second kappa shape index (κ2) is 5.93. The van der Waals surface area contributed by atoms with Crippen LogP contribution in [0.4, 0.5) is 18.9 Å². The lowest BCUT2D eigenvalue weighted by molar-refractivity contribution is -0.274. The van der Waals surface area contributed by atoms with Gasteiger partial charge in [0, 0.05) is 12.1 Å². The molecule has 2 amide bonds. The van der Waals surface area contributed by atoms with E-state index in [0.29, 0.717) is 6.42 Å². The first-order valence-corrected chi connectivity index (χ1v) is 6.18. The Morgan fingerprint density at radius 3 is 2.73 bits per heavy atom. The fourth-order valence-corrected chi connectivity index (χ4v) is 1.95. The van der Waals surface area contributed by atoms with E-state index in [1.54, 1.807) is 6.07 Å². The first-order chi connectivity index (χ1) is 10.3. The minimum atomic E-state index is -4.91. The normalized spacial score (nSPS) is 17.5. The zero-order valence-corrected chi connectivity index (χ0v) is 11.0. The lowest BCUT2D eigenvalue weighted by Gasteiger charge is -2.13. The number of hydrogen-bond donors (Lipinski definition) is 2. The molecule has 0 aromatic heterocycles. The van der Waals surface area contributed by atoms with Crippen molar-refractivity contribution in [3.8, 4) is 11.8 Å². The van der Waals surface area contributed by atoms with Crippen molar-refractivity contribution in [2.75, 3.05) is 5.32 Å². The second-order valence-corrected chi connectivity index (χ2v) is 4.52. The number of hydrogen-bond acceptors (Lipinski definition) is 4. The van der Waals surface area contributed by atoms with Crippen molar-refractivity contribution in [1.29, 1.82) is 5.26 Å². The van der Waals surface area contributed by atoms with Crippen LogP contribution in [-0.4, -0.2) is 24.2 Å². The van der Waals surface area contributed by atoms with Gasteiger partial charge in [0.05, 0.1) is 5.56 Å². The van der Waals surface area contributed by atoms with E-state index in [9.17, 15) is 22.8 Å². The van der Waals surface area contributed by atoms with E-state index in [1.807, 2.05) is 0 Å². The summed E-state index contributed by atoms with van der Waals surface area (Å²) in [4.78, 5) is 22.9. The molecule has 0 aliphatic carbocycles. The van der Waals surface area contributed by atoms with Crippen LogP contribution < -0.4 is 15.4 Å². The van der Waals surface area contributed by atoms with Gasteiger partial charge in [0.2, 0.25) is 11.8 Å². The number of carbonyl (C=O) groups is 2. The maximum atomic E-state index is 12.2. The van der Waals surface area contributed by atoms with E-state index in [2.05, 4.69) is 15.4 Å². The van der Waals surface area contributed by atoms with Crippen molar-refractivity contribution in [3.63, 3.8) is 0 Å². The van der Waals surface area contributed by atoms with Crippen molar-refractivity contribution in [2.24, 2.45) is 0 Å². The number of nitrogens with one attached hydrogen (secondary N) is 2. The zero-order chi connectivity index (χ0) is 16.3. The highest BCUT2D eigenvalue weighted by Crippen LogP contribution is 2.28. The highest BCUT2D eigenvalue weighted by atomic mass is 19.4. The summed E-state index contributed by atoms with van der Waals surface area (Å²) in [6, 6.07) is 4.05. The summed E-state index contributed by atoms with van der Waals surface area (Å²) in [6.45, 7) is 0. The average molecular weight is 313 g/mol. The van der Waals surface area contributed by atoms with Crippen LogP contribution in [0.15, 0.2) is 18.2 Å². The summed E-state index contributed by atoms with van der Waals surface area (Å²) in [5.41, 5.74) is -0.234. The van der Waals surface area contributed by atoms with Crippen molar-refractivity contribution < 1.29 is 27.5 Å². The Morgan fingerprint density at radius 1 is 1.45 bits per heavy atom. The number of anilines is 1. The summed E-state index contributed by atoms with van der Waals surface area (Å²) < 4.78 is 40.2. The van der Waals surface area contributed by atoms with Gasteiger partial charge in [-0.25, -0.2) is 0 Å². The zero-order valence-electron chi connectivity index (χ0n) is 11.0. The van der Waals surface area contributed by atoms with Crippen molar-refractivity contribution in [3.05, 3.63) is 23.8 Å². The van der Waals surface area contributed by atoms with Crippen LogP contribution in [0.5, 0.6) is 5.75 Å². The molecule has 9 heteroatoms. The van der Waals surface area contributed by atoms with Gasteiger partial charge in [-0.3, -0.25) is 9.59 Å². The molecule has 1 aromatic rings. The van der Waals surface area contributed by atoms with Gasteiger partial charge >= 0.3 is 6.36 Å². The number of nitrogens with zero attached hydrogens (tertiary/aromatic N) is 1. The van der Waals surface area contributed by atoms with E-state index in [1.165, 1.54) is 6.07 Å². The lowest BCUT2D eigenvalue weighted by Crippen LogP contribution is -2.37. The van der Waals surface area contributed by atoms with Gasteiger partial charge in [0.15, 0.2) is 0 Å². The predicted octanol–water partition coefficient (Wildman–Crippen LogP) is 1.67. The molecular weight excluding hydrogens is 303 g/mol. The van der Waals surface area contributed by atoms with Gasteiger partial charge in [-0.2, -0.15) is 5.26 Å². The predicted molar refractivity (Wildman–Crippen MR) is 67.6 cm³/mol. The largest absolute Gasteiger partial charge is 0.573 e. The van der Waals surface area contributed by atoms with E-state index in [0.717, 1.165) is 12.1 Å². The van der Waals surface area contributed by atoms with Gasteiger partial charge in [-0.05, 0) is 24.6 Å². The third kappa shape index (κ3) is 3.88. The van der Waals surface area contributed by atoms with Crippen LogP contribution in [0.25, 0.3) is 0 Å². The number of alkyl halides is 3. The van der Waals surface area contributed by atoms with Gasteiger partial charge in [-0.1, -0.05) is 0 Å². The van der Waals surface area contributed by atoms with Crippen LogP contribution in [0.1, 0.15) is 18.4 Å². The molecule has 116 valence electrons. The molecule has 1 aliphatic rings. The first kappa shape index (κ1) is 15.6. The van der Waals surface area contributed by atoms with E-state index < -0.39 is 24.1 Å². The van der Waals surface area contributed by atoms with Gasteiger partial charge in [-0.15, -0.1) is 13.2 Å². The number of nitriles is 1. The topological polar surface area (TPSA) is 91.2 Å². The van der Waals surface area contributed by atoms with Crippen LogP contribution in [0, 0.1) is 11.3 Å². The number of ether oxygens (including phenoxy) is 1. The lowest BCUT2D eigenvalue weighted by atomic mass is 10.1. The Morgan fingerprint density at radius 2 is 2.18 bits per heavy atom. The number of rotatable bonds is 3. The minimum absolute atomic E-state index is 0.136. The summed E-state index contributed by atoms with van der Waals surface area (Å²) in [5, 5.41) is 13.7. The number of carbonyl (C=O) groups excluding carboxylic acids is 2. The van der Waals surface area contributed by atoms with Gasteiger partial charge in [0.1, 0.15) is 17.9 Å². The van der Waals surface area contributed by atoms with Gasteiger partial charge in [0.25, 0.3) is 0 Å². The van der Waals surface area contributed by atoms with Crippen molar-refractivity contribution in [1.82, 2.24) is 5.32 Å². The maximum absolute atomic E-state index is 12.2. The minimum Gasteiger partial charge on any atom is -0.404 e. The molecule has 2 rings (SSSR count). The maximum Gasteiger partial charge on any atom is 0.573 e. The summed E-state index contributed by atoms with van der Waals surface area (Å²) in [7, 11) is 0. The average Bonchev–Trinajstić information content (AvgIpc) is 2.85. The third-order valence-electron chi connectivity index (χ3n) is 2.91. The highest BCUT2D eigenvalue weighted by Gasteiger charge is 2.32. The molecule has 0 bridgehead atoms.